The van der Waals surface area contributed by atoms with E-state index in [1.54, 1.807) is 18.2 Å². The molecule has 4 N–H and O–H groups in total. The standard InChI is InChI=1S/C31H43N3O3/c1-7-26(33-34-30(37)25-14-16-27(35)17-15-25)21-32-29(36)20-23(3)11-8-10-22(2)13-18-28-24(4)12-9-19-31(28,5)6/h8,10-11,13-18,20,26,33,35H,7,9,12,19,21H2,1-6H3,(H,32,36)(H,34,37). The Balaban J connectivity index is 1.82. The molecule has 0 fully saturated rings. The van der Waals surface area contributed by atoms with Gasteiger partial charge in [0, 0.05) is 24.2 Å². The van der Waals surface area contributed by atoms with Gasteiger partial charge in [-0.05, 0) is 87.3 Å². The van der Waals surface area contributed by atoms with E-state index in [4.69, 9.17) is 0 Å². The fraction of sp³-hybridized carbons (Fsp3) is 0.419. The third kappa shape index (κ3) is 10.3. The molecule has 0 bridgehead atoms. The maximum absolute atomic E-state index is 12.3. The minimum atomic E-state index is -0.307. The zero-order valence-electron chi connectivity index (χ0n) is 23.2. The molecule has 0 saturated carbocycles. The SMILES string of the molecule is CCC(CNC(=O)C=C(C)C=CC=C(C)C=CC1=C(C)CCCC1(C)C)NNC(=O)c1ccc(O)cc1. The molecule has 1 aliphatic rings. The largest absolute Gasteiger partial charge is 0.508 e. The van der Waals surface area contributed by atoms with Gasteiger partial charge in [-0.15, -0.1) is 0 Å². The minimum absolute atomic E-state index is 0.103. The molecule has 2 amide bonds. The van der Waals surface area contributed by atoms with Gasteiger partial charge >= 0.3 is 0 Å². The third-order valence-corrected chi connectivity index (χ3v) is 6.67. The van der Waals surface area contributed by atoms with Crippen molar-refractivity contribution in [3.8, 4) is 5.75 Å². The van der Waals surface area contributed by atoms with Crippen LogP contribution in [0.4, 0.5) is 0 Å². The molecular formula is C31H43N3O3. The van der Waals surface area contributed by atoms with E-state index < -0.39 is 0 Å². The van der Waals surface area contributed by atoms with Gasteiger partial charge in [0.25, 0.3) is 5.91 Å². The summed E-state index contributed by atoms with van der Waals surface area (Å²) in [5, 5.41) is 12.2. The molecular weight excluding hydrogens is 462 g/mol. The summed E-state index contributed by atoms with van der Waals surface area (Å²) < 4.78 is 0. The van der Waals surface area contributed by atoms with Crippen LogP contribution < -0.4 is 16.2 Å². The van der Waals surface area contributed by atoms with E-state index in [1.807, 2.05) is 32.1 Å². The Hall–Kier alpha value is -3.38. The fourth-order valence-corrected chi connectivity index (χ4v) is 4.31. The molecule has 0 heterocycles. The molecule has 1 atom stereocenters. The van der Waals surface area contributed by atoms with Crippen molar-refractivity contribution in [3.63, 3.8) is 0 Å². The number of phenolic OH excluding ortho intramolecular Hbond substituents is 1. The summed E-state index contributed by atoms with van der Waals surface area (Å²) in [5.74, 6) is -0.389. The highest BCUT2D eigenvalue weighted by molar-refractivity contribution is 5.94. The minimum Gasteiger partial charge on any atom is -0.508 e. The topological polar surface area (TPSA) is 90.5 Å². The summed E-state index contributed by atoms with van der Waals surface area (Å²) in [6, 6.07) is 5.87. The average Bonchev–Trinajstić information content (AvgIpc) is 2.83. The normalized spacial score (nSPS) is 17.4. The smallest absolute Gasteiger partial charge is 0.265 e. The van der Waals surface area contributed by atoms with Crippen molar-refractivity contribution in [2.24, 2.45) is 5.41 Å². The quantitative estimate of drug-likeness (QED) is 0.167. The first-order valence-electron chi connectivity index (χ1n) is 13.1. The van der Waals surface area contributed by atoms with Crippen LogP contribution in [0.25, 0.3) is 0 Å². The highest BCUT2D eigenvalue weighted by atomic mass is 16.3. The van der Waals surface area contributed by atoms with Crippen LogP contribution >= 0.6 is 0 Å². The number of hydrogen-bond donors (Lipinski definition) is 4. The monoisotopic (exact) mass is 505 g/mol. The van der Waals surface area contributed by atoms with Gasteiger partial charge in [-0.25, -0.2) is 5.43 Å². The Morgan fingerprint density at radius 2 is 1.81 bits per heavy atom. The molecule has 1 unspecified atom stereocenters. The van der Waals surface area contributed by atoms with E-state index >= 15 is 0 Å². The van der Waals surface area contributed by atoms with E-state index in [0.717, 1.165) is 11.1 Å². The second-order valence-corrected chi connectivity index (χ2v) is 10.4. The molecule has 0 aliphatic heterocycles. The molecule has 1 aromatic carbocycles. The molecule has 0 saturated heterocycles. The Labute approximate surface area is 222 Å². The first kappa shape index (κ1) is 29.8. The second kappa shape index (κ2) is 14.4. The molecule has 1 aliphatic carbocycles. The van der Waals surface area contributed by atoms with Crippen LogP contribution in [0.1, 0.15) is 77.6 Å². The van der Waals surface area contributed by atoms with Gasteiger partial charge in [-0.3, -0.25) is 15.0 Å². The molecule has 0 aromatic heterocycles. The maximum Gasteiger partial charge on any atom is 0.265 e. The Kier molecular flexibility index (Phi) is 11.6. The van der Waals surface area contributed by atoms with Gasteiger partial charge in [-0.1, -0.05) is 62.3 Å². The zero-order chi connectivity index (χ0) is 27.4. The van der Waals surface area contributed by atoms with Gasteiger partial charge in [0.15, 0.2) is 0 Å². The van der Waals surface area contributed by atoms with Crippen molar-refractivity contribution in [2.75, 3.05) is 6.54 Å². The Morgan fingerprint density at radius 1 is 1.11 bits per heavy atom. The predicted molar refractivity (Wildman–Crippen MR) is 152 cm³/mol. The van der Waals surface area contributed by atoms with Crippen LogP contribution in [0.2, 0.25) is 0 Å². The molecule has 6 heteroatoms. The van der Waals surface area contributed by atoms with E-state index in [0.29, 0.717) is 18.5 Å². The number of carbonyl (C=O) groups excluding carboxylic acids is 2. The van der Waals surface area contributed by atoms with Gasteiger partial charge < -0.3 is 10.4 Å². The van der Waals surface area contributed by atoms with Crippen molar-refractivity contribution in [1.29, 1.82) is 0 Å². The van der Waals surface area contributed by atoms with Gasteiger partial charge in [0.05, 0.1) is 0 Å². The number of rotatable bonds is 11. The van der Waals surface area contributed by atoms with Crippen molar-refractivity contribution in [1.82, 2.24) is 16.2 Å². The van der Waals surface area contributed by atoms with Gasteiger partial charge in [-0.2, -0.15) is 0 Å². The lowest BCUT2D eigenvalue weighted by atomic mass is 9.72. The van der Waals surface area contributed by atoms with Crippen molar-refractivity contribution in [2.45, 2.75) is 73.3 Å². The first-order valence-corrected chi connectivity index (χ1v) is 13.1. The average molecular weight is 506 g/mol. The molecule has 0 radical (unpaired) electrons. The molecule has 200 valence electrons. The zero-order valence-corrected chi connectivity index (χ0v) is 23.2. The third-order valence-electron chi connectivity index (χ3n) is 6.67. The van der Waals surface area contributed by atoms with E-state index in [9.17, 15) is 14.7 Å². The highest BCUT2D eigenvalue weighted by Crippen LogP contribution is 2.40. The Morgan fingerprint density at radius 3 is 2.46 bits per heavy atom. The molecule has 37 heavy (non-hydrogen) atoms. The first-order chi connectivity index (χ1) is 17.5. The summed E-state index contributed by atoms with van der Waals surface area (Å²) in [6.07, 6.45) is 16.3. The maximum atomic E-state index is 12.3. The van der Waals surface area contributed by atoms with Crippen molar-refractivity contribution < 1.29 is 14.7 Å². The van der Waals surface area contributed by atoms with Crippen LogP contribution in [0.5, 0.6) is 5.75 Å². The van der Waals surface area contributed by atoms with Crippen LogP contribution in [0.3, 0.4) is 0 Å². The van der Waals surface area contributed by atoms with Crippen LogP contribution in [-0.2, 0) is 4.79 Å². The molecule has 2 rings (SSSR count). The fourth-order valence-electron chi connectivity index (χ4n) is 4.31. The number of aromatic hydroxyl groups is 1. The van der Waals surface area contributed by atoms with Crippen LogP contribution in [0.15, 0.2) is 83.0 Å². The number of hydrogen-bond acceptors (Lipinski definition) is 4. The van der Waals surface area contributed by atoms with Gasteiger partial charge in [0.1, 0.15) is 5.75 Å². The molecule has 0 spiro atoms. The summed E-state index contributed by atoms with van der Waals surface area (Å²) in [7, 11) is 0. The number of allylic oxidation sites excluding steroid dienone is 9. The highest BCUT2D eigenvalue weighted by Gasteiger charge is 2.26. The second-order valence-electron chi connectivity index (χ2n) is 10.4. The number of amides is 2. The lowest BCUT2D eigenvalue weighted by molar-refractivity contribution is -0.116. The lowest BCUT2D eigenvalue weighted by Crippen LogP contribution is -2.49. The predicted octanol–water partition coefficient (Wildman–Crippen LogP) is 6.05. The van der Waals surface area contributed by atoms with Crippen LogP contribution in [0, 0.1) is 5.41 Å². The Bertz CT molecular complexity index is 1090. The number of phenols is 1. The number of carbonyl (C=O) groups is 2. The number of benzene rings is 1. The summed E-state index contributed by atoms with van der Waals surface area (Å²) in [5.41, 5.74) is 11.2. The summed E-state index contributed by atoms with van der Waals surface area (Å²) in [6.45, 7) is 13.2. The van der Waals surface area contributed by atoms with E-state index in [2.05, 4.69) is 56.0 Å². The van der Waals surface area contributed by atoms with E-state index in [1.165, 1.54) is 42.5 Å². The number of hydrazine groups is 1. The lowest BCUT2D eigenvalue weighted by Gasteiger charge is -2.32. The number of nitrogens with one attached hydrogen (secondary N) is 3. The summed E-state index contributed by atoms with van der Waals surface area (Å²) in [4.78, 5) is 24.5. The van der Waals surface area contributed by atoms with Gasteiger partial charge in [0.2, 0.25) is 5.91 Å². The summed E-state index contributed by atoms with van der Waals surface area (Å²) >= 11 is 0. The molecule has 6 nitrogen and oxygen atoms in total. The van der Waals surface area contributed by atoms with E-state index in [-0.39, 0.29) is 29.0 Å². The van der Waals surface area contributed by atoms with Crippen molar-refractivity contribution >= 4 is 11.8 Å². The van der Waals surface area contributed by atoms with Crippen LogP contribution in [-0.4, -0.2) is 29.5 Å². The van der Waals surface area contributed by atoms with Crippen molar-refractivity contribution in [3.05, 3.63) is 88.6 Å². The molecule has 1 aromatic rings.